The summed E-state index contributed by atoms with van der Waals surface area (Å²) in [5.41, 5.74) is 1.20. The minimum absolute atomic E-state index is 0.0302. The maximum atomic E-state index is 11.8. The summed E-state index contributed by atoms with van der Waals surface area (Å²) in [5.74, 6) is -0.125. The molecule has 4 heteroatoms. The van der Waals surface area contributed by atoms with Gasteiger partial charge in [0.2, 0.25) is 0 Å². The fourth-order valence-electron chi connectivity index (χ4n) is 1.79. The lowest BCUT2D eigenvalue weighted by Gasteiger charge is -2.07. The van der Waals surface area contributed by atoms with Gasteiger partial charge in [-0.05, 0) is 36.2 Å². The Kier molecular flexibility index (Phi) is 4.03. The van der Waals surface area contributed by atoms with Gasteiger partial charge >= 0.3 is 0 Å². The molecule has 0 aliphatic heterocycles. The molecular formula is C15H15NO3. The fourth-order valence-corrected chi connectivity index (χ4v) is 1.79. The van der Waals surface area contributed by atoms with Crippen molar-refractivity contribution in [2.75, 3.05) is 6.54 Å². The van der Waals surface area contributed by atoms with E-state index in [1.54, 1.807) is 36.4 Å². The average molecular weight is 257 g/mol. The van der Waals surface area contributed by atoms with E-state index in [0.29, 0.717) is 13.0 Å². The van der Waals surface area contributed by atoms with Crippen LogP contribution in [0.4, 0.5) is 0 Å². The van der Waals surface area contributed by atoms with Crippen LogP contribution in [0.1, 0.15) is 15.9 Å². The first-order chi connectivity index (χ1) is 9.16. The number of phenols is 2. The van der Waals surface area contributed by atoms with Crippen molar-refractivity contribution in [2.45, 2.75) is 6.42 Å². The molecule has 0 unspecified atom stereocenters. The van der Waals surface area contributed by atoms with Gasteiger partial charge in [-0.2, -0.15) is 0 Å². The number of carbonyl (C=O) groups excluding carboxylic acids is 1. The molecule has 0 saturated heterocycles. The zero-order valence-corrected chi connectivity index (χ0v) is 10.3. The highest BCUT2D eigenvalue weighted by atomic mass is 16.3. The zero-order chi connectivity index (χ0) is 13.7. The van der Waals surface area contributed by atoms with Gasteiger partial charge in [0.1, 0.15) is 11.5 Å². The van der Waals surface area contributed by atoms with Gasteiger partial charge < -0.3 is 15.5 Å². The standard InChI is InChI=1S/C15H15NO3/c17-12-5-3-4-11(10-12)8-9-16-15(19)13-6-1-2-7-14(13)18/h1-7,10,17-18H,8-9H2,(H,16,19). The molecule has 0 aliphatic rings. The number of nitrogens with one attached hydrogen (secondary N) is 1. The van der Waals surface area contributed by atoms with E-state index in [9.17, 15) is 15.0 Å². The van der Waals surface area contributed by atoms with Crippen LogP contribution in [0.25, 0.3) is 0 Å². The van der Waals surface area contributed by atoms with Crippen LogP contribution in [0, 0.1) is 0 Å². The quantitative estimate of drug-likeness (QED) is 0.785. The van der Waals surface area contributed by atoms with Crippen molar-refractivity contribution in [3.05, 3.63) is 59.7 Å². The van der Waals surface area contributed by atoms with E-state index in [4.69, 9.17) is 0 Å². The minimum atomic E-state index is -0.307. The number of carbonyl (C=O) groups is 1. The van der Waals surface area contributed by atoms with Gasteiger partial charge in [0.05, 0.1) is 5.56 Å². The first kappa shape index (κ1) is 13.0. The average Bonchev–Trinajstić information content (AvgIpc) is 2.39. The van der Waals surface area contributed by atoms with E-state index in [2.05, 4.69) is 5.32 Å². The topological polar surface area (TPSA) is 69.6 Å². The molecule has 0 aliphatic carbocycles. The van der Waals surface area contributed by atoms with Gasteiger partial charge in [0, 0.05) is 6.54 Å². The number of para-hydroxylation sites is 1. The minimum Gasteiger partial charge on any atom is -0.508 e. The van der Waals surface area contributed by atoms with Crippen LogP contribution >= 0.6 is 0 Å². The number of hydrogen-bond acceptors (Lipinski definition) is 3. The normalized spacial score (nSPS) is 10.1. The van der Waals surface area contributed by atoms with Crippen LogP contribution in [0.5, 0.6) is 11.5 Å². The highest BCUT2D eigenvalue weighted by Crippen LogP contribution is 2.15. The Balaban J connectivity index is 1.90. The lowest BCUT2D eigenvalue weighted by molar-refractivity contribution is 0.0951. The van der Waals surface area contributed by atoms with Crippen molar-refractivity contribution < 1.29 is 15.0 Å². The predicted molar refractivity (Wildman–Crippen MR) is 72.3 cm³/mol. The number of hydrogen-bond donors (Lipinski definition) is 3. The molecule has 0 atom stereocenters. The molecule has 0 bridgehead atoms. The molecule has 1 amide bonds. The largest absolute Gasteiger partial charge is 0.508 e. The molecule has 0 aromatic heterocycles. The third-order valence-electron chi connectivity index (χ3n) is 2.76. The van der Waals surface area contributed by atoms with Gasteiger partial charge in [-0.3, -0.25) is 4.79 Å². The predicted octanol–water partition coefficient (Wildman–Crippen LogP) is 2.07. The number of aromatic hydroxyl groups is 2. The molecule has 4 nitrogen and oxygen atoms in total. The zero-order valence-electron chi connectivity index (χ0n) is 10.3. The first-order valence-electron chi connectivity index (χ1n) is 6.01. The van der Waals surface area contributed by atoms with Gasteiger partial charge in [0.15, 0.2) is 0 Å². The number of benzene rings is 2. The van der Waals surface area contributed by atoms with Gasteiger partial charge in [-0.15, -0.1) is 0 Å². The summed E-state index contributed by atoms with van der Waals surface area (Å²) in [6, 6.07) is 13.3. The van der Waals surface area contributed by atoms with Crippen LogP contribution in [0.2, 0.25) is 0 Å². The molecule has 0 fully saturated rings. The second-order valence-corrected chi connectivity index (χ2v) is 4.19. The Morgan fingerprint density at radius 3 is 2.58 bits per heavy atom. The van der Waals surface area contributed by atoms with Crippen molar-refractivity contribution in [3.8, 4) is 11.5 Å². The third kappa shape index (κ3) is 3.48. The van der Waals surface area contributed by atoms with Gasteiger partial charge in [-0.25, -0.2) is 0 Å². The number of phenolic OH excluding ortho intramolecular Hbond substituents is 2. The Bertz CT molecular complexity index is 581. The molecule has 98 valence electrons. The van der Waals surface area contributed by atoms with Crippen molar-refractivity contribution >= 4 is 5.91 Å². The van der Waals surface area contributed by atoms with Crippen LogP contribution in [0.3, 0.4) is 0 Å². The number of amides is 1. The van der Waals surface area contributed by atoms with E-state index in [1.807, 2.05) is 6.07 Å². The summed E-state index contributed by atoms with van der Waals surface area (Å²) in [7, 11) is 0. The molecule has 0 radical (unpaired) electrons. The summed E-state index contributed by atoms with van der Waals surface area (Å²) < 4.78 is 0. The first-order valence-corrected chi connectivity index (χ1v) is 6.01. The maximum Gasteiger partial charge on any atom is 0.255 e. The van der Waals surface area contributed by atoms with E-state index in [1.165, 1.54) is 6.07 Å². The van der Waals surface area contributed by atoms with Crippen molar-refractivity contribution in [1.29, 1.82) is 0 Å². The maximum absolute atomic E-state index is 11.8. The SMILES string of the molecule is O=C(NCCc1cccc(O)c1)c1ccccc1O. The Morgan fingerprint density at radius 2 is 1.84 bits per heavy atom. The molecule has 0 spiro atoms. The van der Waals surface area contributed by atoms with E-state index in [0.717, 1.165) is 5.56 Å². The van der Waals surface area contributed by atoms with Crippen molar-refractivity contribution in [1.82, 2.24) is 5.32 Å². The monoisotopic (exact) mass is 257 g/mol. The fraction of sp³-hybridized carbons (Fsp3) is 0.133. The second-order valence-electron chi connectivity index (χ2n) is 4.19. The van der Waals surface area contributed by atoms with Crippen LogP contribution in [0.15, 0.2) is 48.5 Å². The lowest BCUT2D eigenvalue weighted by atomic mass is 10.1. The summed E-state index contributed by atoms with van der Waals surface area (Å²) in [5, 5.41) is 21.6. The second kappa shape index (κ2) is 5.91. The molecular weight excluding hydrogens is 242 g/mol. The highest BCUT2D eigenvalue weighted by Gasteiger charge is 2.09. The Labute approximate surface area is 111 Å². The van der Waals surface area contributed by atoms with Crippen molar-refractivity contribution in [3.63, 3.8) is 0 Å². The molecule has 19 heavy (non-hydrogen) atoms. The van der Waals surface area contributed by atoms with Crippen LogP contribution in [-0.2, 0) is 6.42 Å². The van der Waals surface area contributed by atoms with Gasteiger partial charge in [0.25, 0.3) is 5.91 Å². The molecule has 2 aromatic carbocycles. The lowest BCUT2D eigenvalue weighted by Crippen LogP contribution is -2.25. The smallest absolute Gasteiger partial charge is 0.255 e. The van der Waals surface area contributed by atoms with Crippen LogP contribution in [-0.4, -0.2) is 22.7 Å². The van der Waals surface area contributed by atoms with Crippen LogP contribution < -0.4 is 5.32 Å². The van der Waals surface area contributed by atoms with Crippen molar-refractivity contribution in [2.24, 2.45) is 0 Å². The Hall–Kier alpha value is -2.49. The van der Waals surface area contributed by atoms with E-state index >= 15 is 0 Å². The summed E-state index contributed by atoms with van der Waals surface area (Å²) in [6.07, 6.45) is 0.619. The summed E-state index contributed by atoms with van der Waals surface area (Å²) >= 11 is 0. The van der Waals surface area contributed by atoms with E-state index in [-0.39, 0.29) is 23.0 Å². The summed E-state index contributed by atoms with van der Waals surface area (Å²) in [4.78, 5) is 11.8. The Morgan fingerprint density at radius 1 is 1.05 bits per heavy atom. The third-order valence-corrected chi connectivity index (χ3v) is 2.76. The molecule has 0 saturated carbocycles. The highest BCUT2D eigenvalue weighted by molar-refractivity contribution is 5.96. The molecule has 0 heterocycles. The van der Waals surface area contributed by atoms with E-state index < -0.39 is 0 Å². The summed E-state index contributed by atoms with van der Waals surface area (Å²) in [6.45, 7) is 0.441. The molecule has 2 rings (SSSR count). The molecule has 3 N–H and O–H groups in total. The number of rotatable bonds is 4. The molecule has 2 aromatic rings. The van der Waals surface area contributed by atoms with Gasteiger partial charge in [-0.1, -0.05) is 24.3 Å².